The molecule has 1 saturated heterocycles. The SMILES string of the molecule is CC1=NN(c2ccc(C(=O)N3CCC(c4nc5cc(Cl)ccc5s4)CC3)cc2)CC1. The molecule has 0 saturated carbocycles. The van der Waals surface area contributed by atoms with Crippen molar-refractivity contribution in [1.29, 1.82) is 0 Å². The van der Waals surface area contributed by atoms with Gasteiger partial charge in [-0.05, 0) is 62.2 Å². The summed E-state index contributed by atoms with van der Waals surface area (Å²) < 4.78 is 1.17. The fourth-order valence-corrected chi connectivity index (χ4v) is 5.43. The number of benzene rings is 2. The van der Waals surface area contributed by atoms with Gasteiger partial charge in [0.25, 0.3) is 5.91 Å². The van der Waals surface area contributed by atoms with Crippen molar-refractivity contribution in [2.75, 3.05) is 24.6 Å². The number of hydrogen-bond donors (Lipinski definition) is 0. The molecule has 3 aromatic rings. The molecule has 0 atom stereocenters. The Kier molecular flexibility index (Phi) is 5.21. The Morgan fingerprint density at radius 3 is 2.57 bits per heavy atom. The predicted octanol–water partition coefficient (Wildman–Crippen LogP) is 5.56. The zero-order valence-corrected chi connectivity index (χ0v) is 18.4. The van der Waals surface area contributed by atoms with Crippen molar-refractivity contribution in [3.05, 3.63) is 58.1 Å². The van der Waals surface area contributed by atoms with E-state index in [1.54, 1.807) is 11.3 Å². The second-order valence-electron chi connectivity index (χ2n) is 7.99. The number of aromatic nitrogens is 1. The number of likely N-dealkylation sites (tertiary alicyclic amines) is 1. The van der Waals surface area contributed by atoms with Crippen molar-refractivity contribution >= 4 is 50.5 Å². The Labute approximate surface area is 185 Å². The lowest BCUT2D eigenvalue weighted by molar-refractivity contribution is 0.0713. The second kappa shape index (κ2) is 8.00. The minimum atomic E-state index is 0.109. The van der Waals surface area contributed by atoms with E-state index in [-0.39, 0.29) is 5.91 Å². The van der Waals surface area contributed by atoms with Gasteiger partial charge in [0, 0.05) is 48.3 Å². The van der Waals surface area contributed by atoms with E-state index in [1.807, 2.05) is 59.3 Å². The molecule has 3 heterocycles. The van der Waals surface area contributed by atoms with Gasteiger partial charge in [0.05, 0.1) is 20.9 Å². The highest BCUT2D eigenvalue weighted by molar-refractivity contribution is 7.18. The molecule has 5 nitrogen and oxygen atoms in total. The van der Waals surface area contributed by atoms with Crippen LogP contribution in [0, 0.1) is 0 Å². The molecule has 0 aliphatic carbocycles. The Morgan fingerprint density at radius 1 is 1.10 bits per heavy atom. The van der Waals surface area contributed by atoms with Crippen LogP contribution in [0.3, 0.4) is 0 Å². The number of amides is 1. The smallest absolute Gasteiger partial charge is 0.253 e. The standard InChI is InChI=1S/C23H23ClN4OS/c1-15-8-13-28(26-15)19-5-2-17(3-6-19)23(29)27-11-9-16(10-12-27)22-25-20-14-18(24)4-7-21(20)30-22/h2-7,14,16H,8-13H2,1H3. The topological polar surface area (TPSA) is 48.8 Å². The molecule has 0 bridgehead atoms. The second-order valence-corrected chi connectivity index (χ2v) is 9.48. The van der Waals surface area contributed by atoms with E-state index >= 15 is 0 Å². The lowest BCUT2D eigenvalue weighted by atomic mass is 9.97. The molecule has 7 heteroatoms. The fraction of sp³-hybridized carbons (Fsp3) is 0.348. The first kappa shape index (κ1) is 19.5. The Hall–Kier alpha value is -2.44. The van der Waals surface area contributed by atoms with Crippen molar-refractivity contribution in [1.82, 2.24) is 9.88 Å². The van der Waals surface area contributed by atoms with Crippen LogP contribution in [0.4, 0.5) is 5.69 Å². The van der Waals surface area contributed by atoms with Gasteiger partial charge < -0.3 is 4.90 Å². The molecule has 0 unspecified atom stereocenters. The van der Waals surface area contributed by atoms with Crippen LogP contribution in [-0.4, -0.2) is 41.1 Å². The fourth-order valence-electron chi connectivity index (χ4n) is 4.14. The van der Waals surface area contributed by atoms with Crippen LogP contribution in [0.2, 0.25) is 5.02 Å². The number of carbonyl (C=O) groups excluding carboxylic acids is 1. The van der Waals surface area contributed by atoms with Gasteiger partial charge in [-0.2, -0.15) is 5.10 Å². The average Bonchev–Trinajstić information content (AvgIpc) is 3.39. The highest BCUT2D eigenvalue weighted by atomic mass is 35.5. The first-order chi connectivity index (χ1) is 14.6. The van der Waals surface area contributed by atoms with Crippen LogP contribution >= 0.6 is 22.9 Å². The number of anilines is 1. The van der Waals surface area contributed by atoms with Crippen molar-refractivity contribution in [3.63, 3.8) is 0 Å². The molecular formula is C23H23ClN4OS. The van der Waals surface area contributed by atoms with Gasteiger partial charge in [-0.25, -0.2) is 4.98 Å². The largest absolute Gasteiger partial charge is 0.339 e. The zero-order valence-electron chi connectivity index (χ0n) is 16.8. The van der Waals surface area contributed by atoms with Crippen LogP contribution in [-0.2, 0) is 0 Å². The third kappa shape index (κ3) is 3.82. The minimum absolute atomic E-state index is 0.109. The van der Waals surface area contributed by atoms with Crippen LogP contribution in [0.25, 0.3) is 10.2 Å². The van der Waals surface area contributed by atoms with Crippen LogP contribution < -0.4 is 5.01 Å². The van der Waals surface area contributed by atoms with E-state index in [9.17, 15) is 4.79 Å². The average molecular weight is 439 g/mol. The summed E-state index contributed by atoms with van der Waals surface area (Å²) in [6.45, 7) is 4.48. The maximum Gasteiger partial charge on any atom is 0.253 e. The summed E-state index contributed by atoms with van der Waals surface area (Å²) in [5.41, 5.74) is 3.90. The van der Waals surface area contributed by atoms with Gasteiger partial charge in [0.15, 0.2) is 0 Å². The molecule has 0 radical (unpaired) electrons. The van der Waals surface area contributed by atoms with E-state index in [0.717, 1.165) is 71.4 Å². The lowest BCUT2D eigenvalue weighted by Crippen LogP contribution is -2.37. The van der Waals surface area contributed by atoms with E-state index in [0.29, 0.717) is 5.92 Å². The number of rotatable bonds is 3. The van der Waals surface area contributed by atoms with Gasteiger partial charge >= 0.3 is 0 Å². The Balaban J connectivity index is 1.23. The van der Waals surface area contributed by atoms with E-state index in [2.05, 4.69) is 5.10 Å². The summed E-state index contributed by atoms with van der Waals surface area (Å²) in [7, 11) is 0. The Bertz CT molecular complexity index is 1120. The Morgan fingerprint density at radius 2 is 1.87 bits per heavy atom. The van der Waals surface area contributed by atoms with Crippen LogP contribution in [0.1, 0.15) is 47.5 Å². The zero-order chi connectivity index (χ0) is 20.7. The number of hydrazone groups is 1. The quantitative estimate of drug-likeness (QED) is 0.538. The molecule has 2 aliphatic rings. The molecule has 5 rings (SSSR count). The normalized spacial score (nSPS) is 17.6. The molecule has 1 amide bonds. The molecule has 0 spiro atoms. The lowest BCUT2D eigenvalue weighted by Gasteiger charge is -2.31. The maximum atomic E-state index is 13.0. The molecule has 2 aliphatic heterocycles. The first-order valence-corrected chi connectivity index (χ1v) is 11.5. The number of piperidine rings is 1. The number of fused-ring (bicyclic) bond motifs is 1. The number of hydrogen-bond acceptors (Lipinski definition) is 5. The maximum absolute atomic E-state index is 13.0. The molecule has 154 valence electrons. The summed E-state index contributed by atoms with van der Waals surface area (Å²) in [4.78, 5) is 19.7. The summed E-state index contributed by atoms with van der Waals surface area (Å²) >= 11 is 7.83. The van der Waals surface area contributed by atoms with Crippen molar-refractivity contribution in [2.45, 2.75) is 32.1 Å². The third-order valence-corrected chi connectivity index (χ3v) is 7.32. The number of thiazole rings is 1. The van der Waals surface area contributed by atoms with Crippen LogP contribution in [0.15, 0.2) is 47.6 Å². The summed E-state index contributed by atoms with van der Waals surface area (Å²) in [6, 6.07) is 13.7. The summed E-state index contributed by atoms with van der Waals surface area (Å²) in [5, 5.41) is 8.40. The molecule has 1 fully saturated rings. The number of carbonyl (C=O) groups is 1. The van der Waals surface area contributed by atoms with Crippen LogP contribution in [0.5, 0.6) is 0 Å². The van der Waals surface area contributed by atoms with Crippen molar-refractivity contribution in [3.8, 4) is 0 Å². The number of halogens is 1. The van der Waals surface area contributed by atoms with Gasteiger partial charge in [-0.1, -0.05) is 11.6 Å². The van der Waals surface area contributed by atoms with Gasteiger partial charge in [0.1, 0.15) is 0 Å². The highest BCUT2D eigenvalue weighted by Gasteiger charge is 2.26. The van der Waals surface area contributed by atoms with Crippen molar-refractivity contribution < 1.29 is 4.79 Å². The monoisotopic (exact) mass is 438 g/mol. The predicted molar refractivity (Wildman–Crippen MR) is 124 cm³/mol. The van der Waals surface area contributed by atoms with E-state index < -0.39 is 0 Å². The summed E-state index contributed by atoms with van der Waals surface area (Å²) in [6.07, 6.45) is 2.88. The molecule has 0 N–H and O–H groups in total. The third-order valence-electron chi connectivity index (χ3n) is 5.89. The molecule has 30 heavy (non-hydrogen) atoms. The van der Waals surface area contributed by atoms with E-state index in [1.165, 1.54) is 4.70 Å². The summed E-state index contributed by atoms with van der Waals surface area (Å²) in [5.74, 6) is 0.515. The van der Waals surface area contributed by atoms with Gasteiger partial charge in [-0.3, -0.25) is 9.80 Å². The first-order valence-electron chi connectivity index (χ1n) is 10.3. The molecule has 2 aromatic carbocycles. The minimum Gasteiger partial charge on any atom is -0.339 e. The highest BCUT2D eigenvalue weighted by Crippen LogP contribution is 2.35. The molecule has 1 aromatic heterocycles. The number of nitrogens with zero attached hydrogens (tertiary/aromatic N) is 4. The van der Waals surface area contributed by atoms with Crippen molar-refractivity contribution in [2.24, 2.45) is 5.10 Å². The van der Waals surface area contributed by atoms with E-state index in [4.69, 9.17) is 16.6 Å². The van der Waals surface area contributed by atoms with Gasteiger partial charge in [-0.15, -0.1) is 11.3 Å². The molecular weight excluding hydrogens is 416 g/mol. The van der Waals surface area contributed by atoms with Gasteiger partial charge in [0.2, 0.25) is 0 Å².